The molecule has 0 spiro atoms. The third-order valence-corrected chi connectivity index (χ3v) is 5.20. The number of fused-ring (bicyclic) bond motifs is 3. The summed E-state index contributed by atoms with van der Waals surface area (Å²) in [5.74, 6) is 0.258. The Morgan fingerprint density at radius 3 is 2.57 bits per heavy atom. The molecule has 3 heterocycles. The maximum atomic E-state index is 13.0. The Balaban J connectivity index is 1.92. The van der Waals surface area contributed by atoms with Gasteiger partial charge in [0.2, 0.25) is 5.95 Å². The average Bonchev–Trinajstić information content (AvgIpc) is 3.09. The minimum Gasteiger partial charge on any atom is -0.494 e. The van der Waals surface area contributed by atoms with Gasteiger partial charge in [0.1, 0.15) is 12.3 Å². The second-order valence-corrected chi connectivity index (χ2v) is 7.46. The molecule has 10 nitrogen and oxygen atoms in total. The molecule has 0 saturated carbocycles. The maximum absolute atomic E-state index is 13.0. The Bertz CT molecular complexity index is 1240. The van der Waals surface area contributed by atoms with Crippen LogP contribution in [0.2, 0.25) is 0 Å². The smallest absolute Gasteiger partial charge is 0.333 e. The standard InChI is InChI=1S/C20H23N5O5/c1-4-30-14-7-5-13(6-8-14)23-9-12(2)10-24-16-17(21-19(23)24)22(3)20(29)25(18(16)28)11-15(26)27/h5-8,12H,4,9-11H2,1-3H3,(H,26,27)/t12-/m1/s1. The molecular formula is C20H23N5O5. The third-order valence-electron chi connectivity index (χ3n) is 5.20. The van der Waals surface area contributed by atoms with Crippen LogP contribution in [0.5, 0.6) is 5.75 Å². The van der Waals surface area contributed by atoms with Gasteiger partial charge in [0.25, 0.3) is 5.56 Å². The fourth-order valence-electron chi connectivity index (χ4n) is 3.89. The lowest BCUT2D eigenvalue weighted by atomic mass is 10.1. The van der Waals surface area contributed by atoms with Crippen molar-refractivity contribution in [2.24, 2.45) is 13.0 Å². The van der Waals surface area contributed by atoms with Crippen molar-refractivity contribution in [2.45, 2.75) is 26.9 Å². The van der Waals surface area contributed by atoms with Crippen LogP contribution in [0, 0.1) is 5.92 Å². The first kappa shape index (κ1) is 19.7. The Hall–Kier alpha value is -3.56. The predicted molar refractivity (Wildman–Crippen MR) is 111 cm³/mol. The summed E-state index contributed by atoms with van der Waals surface area (Å²) in [5.41, 5.74) is 0.0148. The molecule has 1 aliphatic rings. The molecule has 1 aliphatic heterocycles. The van der Waals surface area contributed by atoms with Crippen LogP contribution in [0.3, 0.4) is 0 Å². The molecule has 0 unspecified atom stereocenters. The number of hydrogen-bond acceptors (Lipinski definition) is 6. The molecule has 1 aromatic carbocycles. The number of aryl methyl sites for hydroxylation is 1. The van der Waals surface area contributed by atoms with Gasteiger partial charge in [-0.2, -0.15) is 4.98 Å². The van der Waals surface area contributed by atoms with Crippen molar-refractivity contribution >= 4 is 28.8 Å². The summed E-state index contributed by atoms with van der Waals surface area (Å²) < 4.78 is 9.25. The van der Waals surface area contributed by atoms with Crippen molar-refractivity contribution < 1.29 is 14.6 Å². The van der Waals surface area contributed by atoms with E-state index in [1.165, 1.54) is 11.6 Å². The number of benzene rings is 1. The van der Waals surface area contributed by atoms with E-state index in [-0.39, 0.29) is 17.1 Å². The van der Waals surface area contributed by atoms with Gasteiger partial charge in [-0.25, -0.2) is 9.36 Å². The Labute approximate surface area is 171 Å². The first-order valence-electron chi connectivity index (χ1n) is 9.74. The quantitative estimate of drug-likeness (QED) is 0.668. The zero-order valence-electron chi connectivity index (χ0n) is 17.0. The highest BCUT2D eigenvalue weighted by Crippen LogP contribution is 2.33. The number of rotatable bonds is 5. The van der Waals surface area contributed by atoms with Crippen LogP contribution in [0.25, 0.3) is 11.2 Å². The fraction of sp³-hybridized carbons (Fsp3) is 0.400. The summed E-state index contributed by atoms with van der Waals surface area (Å²) in [4.78, 5) is 43.3. The van der Waals surface area contributed by atoms with E-state index in [1.807, 2.05) is 36.1 Å². The van der Waals surface area contributed by atoms with Gasteiger partial charge in [0.05, 0.1) is 6.61 Å². The van der Waals surface area contributed by atoms with E-state index in [4.69, 9.17) is 9.84 Å². The number of aromatic nitrogens is 4. The minimum absolute atomic E-state index is 0.200. The molecule has 158 valence electrons. The van der Waals surface area contributed by atoms with E-state index in [0.29, 0.717) is 25.6 Å². The van der Waals surface area contributed by atoms with Gasteiger partial charge in [-0.15, -0.1) is 0 Å². The maximum Gasteiger partial charge on any atom is 0.333 e. The van der Waals surface area contributed by atoms with E-state index in [2.05, 4.69) is 11.9 Å². The highest BCUT2D eigenvalue weighted by Gasteiger charge is 2.30. The van der Waals surface area contributed by atoms with Gasteiger partial charge in [-0.1, -0.05) is 6.92 Å². The van der Waals surface area contributed by atoms with Crippen molar-refractivity contribution in [1.82, 2.24) is 18.7 Å². The largest absolute Gasteiger partial charge is 0.494 e. The molecule has 3 aromatic rings. The number of imidazole rings is 1. The molecule has 0 saturated heterocycles. The summed E-state index contributed by atoms with van der Waals surface area (Å²) >= 11 is 0. The normalized spacial score (nSPS) is 16.0. The van der Waals surface area contributed by atoms with E-state index >= 15 is 0 Å². The van der Waals surface area contributed by atoms with Crippen LogP contribution in [0.15, 0.2) is 33.9 Å². The van der Waals surface area contributed by atoms with Crippen molar-refractivity contribution in [3.8, 4) is 5.75 Å². The number of carbonyl (C=O) groups is 1. The van der Waals surface area contributed by atoms with Crippen LogP contribution in [0.4, 0.5) is 11.6 Å². The summed E-state index contributed by atoms with van der Waals surface area (Å²) in [6, 6.07) is 7.60. The number of hydrogen-bond donors (Lipinski definition) is 1. The van der Waals surface area contributed by atoms with Crippen LogP contribution in [0.1, 0.15) is 13.8 Å². The van der Waals surface area contributed by atoms with Gasteiger partial charge < -0.3 is 19.3 Å². The number of aliphatic carboxylic acids is 1. The molecule has 2 aromatic heterocycles. The highest BCUT2D eigenvalue weighted by molar-refractivity contribution is 5.77. The number of ether oxygens (including phenoxy) is 1. The molecule has 0 fully saturated rings. The van der Waals surface area contributed by atoms with Gasteiger partial charge in [-0.3, -0.25) is 14.2 Å². The topological polar surface area (TPSA) is 112 Å². The average molecular weight is 413 g/mol. The van der Waals surface area contributed by atoms with Gasteiger partial charge in [0.15, 0.2) is 11.2 Å². The lowest BCUT2D eigenvalue weighted by Gasteiger charge is -2.33. The summed E-state index contributed by atoms with van der Waals surface area (Å²) in [6.45, 7) is 5.10. The Kier molecular flexibility index (Phi) is 4.84. The fourth-order valence-corrected chi connectivity index (χ4v) is 3.89. The first-order valence-corrected chi connectivity index (χ1v) is 9.74. The first-order chi connectivity index (χ1) is 14.3. The minimum atomic E-state index is -1.25. The third kappa shape index (κ3) is 3.14. The molecule has 0 bridgehead atoms. The van der Waals surface area contributed by atoms with Crippen LogP contribution < -0.4 is 20.9 Å². The SMILES string of the molecule is CCOc1ccc(N2C[C@@H](C)Cn3c2nc2c3c(=O)n(CC(=O)O)c(=O)n2C)cc1. The van der Waals surface area contributed by atoms with Crippen molar-refractivity contribution in [3.63, 3.8) is 0 Å². The molecule has 0 radical (unpaired) electrons. The number of carboxylic acid groups (broad SMARTS) is 1. The molecule has 1 N–H and O–H groups in total. The zero-order chi connectivity index (χ0) is 21.6. The van der Waals surface area contributed by atoms with E-state index < -0.39 is 23.8 Å². The van der Waals surface area contributed by atoms with Crippen molar-refractivity contribution in [1.29, 1.82) is 0 Å². The molecule has 0 aliphatic carbocycles. The van der Waals surface area contributed by atoms with Crippen LogP contribution in [-0.4, -0.2) is 42.9 Å². The molecule has 10 heteroatoms. The summed E-state index contributed by atoms with van der Waals surface area (Å²) in [7, 11) is 1.49. The molecule has 30 heavy (non-hydrogen) atoms. The van der Waals surface area contributed by atoms with E-state index in [9.17, 15) is 14.4 Å². The lowest BCUT2D eigenvalue weighted by molar-refractivity contribution is -0.137. The predicted octanol–water partition coefficient (Wildman–Crippen LogP) is 1.17. The molecule has 0 amide bonds. The molecular weight excluding hydrogens is 390 g/mol. The Morgan fingerprint density at radius 1 is 1.23 bits per heavy atom. The summed E-state index contributed by atoms with van der Waals surface area (Å²) in [6.07, 6.45) is 0. The Morgan fingerprint density at radius 2 is 1.93 bits per heavy atom. The van der Waals surface area contributed by atoms with Crippen LogP contribution in [-0.2, 0) is 24.9 Å². The molecule has 4 rings (SSSR count). The van der Waals surface area contributed by atoms with Crippen LogP contribution >= 0.6 is 0 Å². The molecule has 1 atom stereocenters. The second-order valence-electron chi connectivity index (χ2n) is 7.46. The highest BCUT2D eigenvalue weighted by atomic mass is 16.5. The van der Waals surface area contributed by atoms with Gasteiger partial charge >= 0.3 is 11.7 Å². The second kappa shape index (κ2) is 7.36. The number of nitrogens with zero attached hydrogens (tertiary/aromatic N) is 5. The zero-order valence-corrected chi connectivity index (χ0v) is 17.0. The number of anilines is 2. The van der Waals surface area contributed by atoms with Crippen molar-refractivity contribution in [3.05, 3.63) is 45.1 Å². The van der Waals surface area contributed by atoms with E-state index in [0.717, 1.165) is 16.0 Å². The monoisotopic (exact) mass is 413 g/mol. The summed E-state index contributed by atoms with van der Waals surface area (Å²) in [5, 5.41) is 9.11. The van der Waals surface area contributed by atoms with E-state index in [1.54, 1.807) is 4.57 Å². The van der Waals surface area contributed by atoms with Gasteiger partial charge in [0, 0.05) is 25.8 Å². The van der Waals surface area contributed by atoms with Gasteiger partial charge in [-0.05, 0) is 37.1 Å². The lowest BCUT2D eigenvalue weighted by Crippen LogP contribution is -2.41. The number of carboxylic acids is 1. The van der Waals surface area contributed by atoms with Crippen molar-refractivity contribution in [2.75, 3.05) is 18.1 Å².